The molecule has 0 amide bonds. The second-order valence-corrected chi connectivity index (χ2v) is 8.40. The normalized spacial score (nSPS) is 37.9. The van der Waals surface area contributed by atoms with Gasteiger partial charge in [-0.15, -0.1) is 11.8 Å². The van der Waals surface area contributed by atoms with Crippen LogP contribution in [0.3, 0.4) is 0 Å². The van der Waals surface area contributed by atoms with Crippen LogP contribution in [0.25, 0.3) is 0 Å². The van der Waals surface area contributed by atoms with Gasteiger partial charge in [-0.1, -0.05) is 11.3 Å². The number of aromatic nitrogens is 1. The molecule has 2 aromatic heterocycles. The largest absolute Gasteiger partial charge is 0.469 e. The van der Waals surface area contributed by atoms with Gasteiger partial charge in [-0.05, 0) is 49.1 Å². The lowest BCUT2D eigenvalue weighted by Gasteiger charge is -2.38. The Morgan fingerprint density at radius 1 is 1.30 bits per heavy atom. The standard InChI is InChI=1S/C15H15NO2S2/c17-15-16-14-13(20-15)11(9-2-1-5-18-9)10-7-3-4-8(6-7)12(10)19-14/h1-2,5,7-8,10-12H,3-4,6H2,(H,16,17)/t7-,8-,10+,11+,12+/m1/s1. The highest BCUT2D eigenvalue weighted by molar-refractivity contribution is 8.00. The Hall–Kier alpha value is -0.940. The summed E-state index contributed by atoms with van der Waals surface area (Å²) in [6.07, 6.45) is 5.86. The molecule has 0 saturated heterocycles. The third kappa shape index (κ3) is 1.45. The van der Waals surface area contributed by atoms with Gasteiger partial charge < -0.3 is 9.40 Å². The number of H-pyrrole nitrogens is 1. The van der Waals surface area contributed by atoms with Crippen molar-refractivity contribution in [2.75, 3.05) is 0 Å². The van der Waals surface area contributed by atoms with E-state index in [1.165, 1.54) is 35.5 Å². The molecule has 2 aromatic rings. The van der Waals surface area contributed by atoms with Crippen molar-refractivity contribution in [2.24, 2.45) is 17.8 Å². The monoisotopic (exact) mass is 305 g/mol. The fourth-order valence-electron chi connectivity index (χ4n) is 4.64. The fourth-order valence-corrected chi connectivity index (χ4v) is 7.51. The minimum Gasteiger partial charge on any atom is -0.469 e. The van der Waals surface area contributed by atoms with Crippen LogP contribution >= 0.6 is 23.1 Å². The van der Waals surface area contributed by atoms with E-state index in [1.807, 2.05) is 17.8 Å². The van der Waals surface area contributed by atoms with Crippen LogP contribution in [0.4, 0.5) is 0 Å². The van der Waals surface area contributed by atoms with Crippen molar-refractivity contribution in [3.05, 3.63) is 38.7 Å². The predicted octanol–water partition coefficient (Wildman–Crippen LogP) is 3.68. The lowest BCUT2D eigenvalue weighted by atomic mass is 9.77. The van der Waals surface area contributed by atoms with Gasteiger partial charge in [-0.2, -0.15) is 0 Å². The maximum absolute atomic E-state index is 11.8. The average molecular weight is 305 g/mol. The highest BCUT2D eigenvalue weighted by Crippen LogP contribution is 2.63. The van der Waals surface area contributed by atoms with E-state index in [1.54, 1.807) is 6.26 Å². The lowest BCUT2D eigenvalue weighted by Crippen LogP contribution is -2.33. The molecule has 5 atom stereocenters. The molecule has 1 N–H and O–H groups in total. The Labute approximate surface area is 124 Å². The minimum atomic E-state index is 0.0753. The number of nitrogens with one attached hydrogen (secondary N) is 1. The van der Waals surface area contributed by atoms with Crippen molar-refractivity contribution >= 4 is 23.1 Å². The van der Waals surface area contributed by atoms with Gasteiger partial charge in [-0.3, -0.25) is 4.79 Å². The number of thioether (sulfide) groups is 1. The first-order chi connectivity index (χ1) is 9.81. The molecule has 0 spiro atoms. The molecule has 3 nitrogen and oxygen atoms in total. The number of furan rings is 1. The van der Waals surface area contributed by atoms with E-state index >= 15 is 0 Å². The molecule has 20 heavy (non-hydrogen) atoms. The molecule has 5 rings (SSSR count). The number of rotatable bonds is 1. The second-order valence-electron chi connectivity index (χ2n) is 6.19. The van der Waals surface area contributed by atoms with E-state index in [0.717, 1.165) is 22.6 Å². The van der Waals surface area contributed by atoms with Crippen LogP contribution in [0, 0.1) is 17.8 Å². The van der Waals surface area contributed by atoms with Gasteiger partial charge in [0.15, 0.2) is 0 Å². The van der Waals surface area contributed by atoms with Gasteiger partial charge in [-0.25, -0.2) is 0 Å². The van der Waals surface area contributed by atoms with Gasteiger partial charge in [0.2, 0.25) is 0 Å². The Bertz CT molecular complexity index is 702. The minimum absolute atomic E-state index is 0.0753. The summed E-state index contributed by atoms with van der Waals surface area (Å²) in [7, 11) is 0. The molecule has 2 aliphatic carbocycles. The first kappa shape index (κ1) is 11.7. The van der Waals surface area contributed by atoms with Crippen LogP contribution in [0.5, 0.6) is 0 Å². The Balaban J connectivity index is 1.71. The van der Waals surface area contributed by atoms with Crippen molar-refractivity contribution < 1.29 is 4.42 Å². The summed E-state index contributed by atoms with van der Waals surface area (Å²) in [5.74, 6) is 3.65. The maximum atomic E-state index is 11.8. The number of fused-ring (bicyclic) bond motifs is 6. The molecule has 2 fully saturated rings. The van der Waals surface area contributed by atoms with Crippen LogP contribution in [-0.2, 0) is 0 Å². The molecular weight excluding hydrogens is 290 g/mol. The summed E-state index contributed by atoms with van der Waals surface area (Å²) >= 11 is 3.31. The van der Waals surface area contributed by atoms with Crippen LogP contribution in [0.1, 0.15) is 35.8 Å². The number of hydrogen-bond acceptors (Lipinski definition) is 4. The predicted molar refractivity (Wildman–Crippen MR) is 79.5 cm³/mol. The zero-order valence-corrected chi connectivity index (χ0v) is 12.5. The molecule has 3 aliphatic rings. The zero-order chi connectivity index (χ0) is 13.3. The van der Waals surface area contributed by atoms with Gasteiger partial charge in [0.05, 0.1) is 22.1 Å². The van der Waals surface area contributed by atoms with Crippen molar-refractivity contribution in [3.63, 3.8) is 0 Å². The van der Waals surface area contributed by atoms with E-state index in [4.69, 9.17) is 4.42 Å². The van der Waals surface area contributed by atoms with Gasteiger partial charge >= 0.3 is 4.87 Å². The number of aromatic amines is 1. The average Bonchev–Trinajstić information content (AvgIpc) is 3.19. The third-order valence-corrected chi connectivity index (χ3v) is 7.94. The van der Waals surface area contributed by atoms with Gasteiger partial charge in [0.1, 0.15) is 5.76 Å². The van der Waals surface area contributed by atoms with Crippen LogP contribution < -0.4 is 4.87 Å². The highest BCUT2D eigenvalue weighted by Gasteiger charge is 2.55. The summed E-state index contributed by atoms with van der Waals surface area (Å²) in [4.78, 5) is 16.1. The molecule has 0 unspecified atom stereocenters. The van der Waals surface area contributed by atoms with Crippen molar-refractivity contribution in [3.8, 4) is 0 Å². The molecule has 0 radical (unpaired) electrons. The third-order valence-electron chi connectivity index (χ3n) is 5.32. The summed E-state index contributed by atoms with van der Waals surface area (Å²) in [6.45, 7) is 0. The molecule has 1 aliphatic heterocycles. The molecule has 2 bridgehead atoms. The van der Waals surface area contributed by atoms with E-state index in [0.29, 0.717) is 17.1 Å². The summed E-state index contributed by atoms with van der Waals surface area (Å²) in [6, 6.07) is 4.05. The molecule has 3 heterocycles. The van der Waals surface area contributed by atoms with E-state index < -0.39 is 0 Å². The highest BCUT2D eigenvalue weighted by atomic mass is 32.2. The van der Waals surface area contributed by atoms with Crippen molar-refractivity contribution in [2.45, 2.75) is 35.5 Å². The summed E-state index contributed by atoms with van der Waals surface area (Å²) in [5, 5.41) is 1.77. The number of thiazole rings is 1. The Morgan fingerprint density at radius 3 is 3.05 bits per heavy atom. The maximum Gasteiger partial charge on any atom is 0.305 e. The van der Waals surface area contributed by atoms with E-state index in [2.05, 4.69) is 11.1 Å². The van der Waals surface area contributed by atoms with E-state index in [9.17, 15) is 4.79 Å². The van der Waals surface area contributed by atoms with Crippen LogP contribution in [0.2, 0.25) is 0 Å². The van der Waals surface area contributed by atoms with Gasteiger partial charge in [0.25, 0.3) is 0 Å². The van der Waals surface area contributed by atoms with E-state index in [-0.39, 0.29) is 4.87 Å². The summed E-state index contributed by atoms with van der Waals surface area (Å²) < 4.78 is 5.74. The SMILES string of the molecule is O=c1[nH]c2c(s1)[C@@H](c1ccco1)[C@@H]1[C@@H]3CC[C@H](C3)[C@@H]1S2. The van der Waals surface area contributed by atoms with Crippen molar-refractivity contribution in [1.29, 1.82) is 0 Å². The lowest BCUT2D eigenvalue weighted by molar-refractivity contribution is 0.283. The second kappa shape index (κ2) is 4.04. The topological polar surface area (TPSA) is 46.0 Å². The molecular formula is C15H15NO2S2. The molecule has 104 valence electrons. The number of hydrogen-bond donors (Lipinski definition) is 1. The fraction of sp³-hybridized carbons (Fsp3) is 0.533. The molecule has 0 aromatic carbocycles. The first-order valence-electron chi connectivity index (χ1n) is 7.24. The smallest absolute Gasteiger partial charge is 0.305 e. The van der Waals surface area contributed by atoms with Crippen LogP contribution in [0.15, 0.2) is 32.6 Å². The van der Waals surface area contributed by atoms with Gasteiger partial charge in [0, 0.05) is 5.25 Å². The zero-order valence-electron chi connectivity index (χ0n) is 10.9. The Morgan fingerprint density at radius 2 is 2.20 bits per heavy atom. The van der Waals surface area contributed by atoms with Crippen molar-refractivity contribution in [1.82, 2.24) is 4.98 Å². The summed E-state index contributed by atoms with van der Waals surface area (Å²) in [5.41, 5.74) is 0. The Kier molecular flexibility index (Phi) is 2.36. The quantitative estimate of drug-likeness (QED) is 0.874. The first-order valence-corrected chi connectivity index (χ1v) is 8.94. The molecule has 2 saturated carbocycles. The molecule has 5 heteroatoms. The van der Waals surface area contributed by atoms with Crippen LogP contribution in [-0.4, -0.2) is 10.2 Å².